The van der Waals surface area contributed by atoms with Crippen molar-refractivity contribution in [1.29, 1.82) is 0 Å². The Morgan fingerprint density at radius 3 is 2.91 bits per heavy atom. The standard InChI is InChI=1S/C16H12N4O2/c1-20-13-3-2-9(4-11(13)7-19-20)10-5-12-15(14(21)6-10)17-8-18-16(12)22/h2-8,21H,1H3,(H,17,18,22). The van der Waals surface area contributed by atoms with Gasteiger partial charge in [-0.05, 0) is 35.4 Å². The number of nitrogens with one attached hydrogen (secondary N) is 1. The average molecular weight is 292 g/mol. The topological polar surface area (TPSA) is 83.8 Å². The molecule has 0 aliphatic heterocycles. The van der Waals surface area contributed by atoms with Gasteiger partial charge in [0.15, 0.2) is 0 Å². The van der Waals surface area contributed by atoms with Gasteiger partial charge in [-0.25, -0.2) is 4.98 Å². The molecule has 4 aromatic rings. The molecule has 0 bridgehead atoms. The van der Waals surface area contributed by atoms with Crippen molar-refractivity contribution in [3.05, 3.63) is 53.2 Å². The van der Waals surface area contributed by atoms with Crippen molar-refractivity contribution in [2.75, 3.05) is 0 Å². The highest BCUT2D eigenvalue weighted by molar-refractivity contribution is 5.91. The van der Waals surface area contributed by atoms with Crippen LogP contribution >= 0.6 is 0 Å². The third-order valence-corrected chi connectivity index (χ3v) is 3.80. The maximum absolute atomic E-state index is 11.9. The molecule has 0 amide bonds. The normalized spacial score (nSPS) is 11.3. The number of aromatic amines is 1. The van der Waals surface area contributed by atoms with Crippen LogP contribution in [-0.2, 0) is 7.05 Å². The van der Waals surface area contributed by atoms with Crippen molar-refractivity contribution in [3.63, 3.8) is 0 Å². The number of aryl methyl sites for hydroxylation is 1. The molecule has 4 rings (SSSR count). The van der Waals surface area contributed by atoms with Gasteiger partial charge in [-0.2, -0.15) is 5.10 Å². The summed E-state index contributed by atoms with van der Waals surface area (Å²) in [6.45, 7) is 0. The summed E-state index contributed by atoms with van der Waals surface area (Å²) >= 11 is 0. The zero-order valence-electron chi connectivity index (χ0n) is 11.7. The highest BCUT2D eigenvalue weighted by Crippen LogP contribution is 2.30. The second-order valence-corrected chi connectivity index (χ2v) is 5.16. The Morgan fingerprint density at radius 1 is 1.18 bits per heavy atom. The van der Waals surface area contributed by atoms with Crippen LogP contribution in [-0.4, -0.2) is 24.9 Å². The monoisotopic (exact) mass is 292 g/mol. The summed E-state index contributed by atoms with van der Waals surface area (Å²) in [5.41, 5.74) is 2.71. The molecule has 6 heteroatoms. The highest BCUT2D eigenvalue weighted by Gasteiger charge is 2.10. The molecule has 0 unspecified atom stereocenters. The first-order valence-corrected chi connectivity index (χ1v) is 6.76. The minimum atomic E-state index is -0.274. The van der Waals surface area contributed by atoms with Crippen LogP contribution in [0.15, 0.2) is 47.7 Å². The fraction of sp³-hybridized carbons (Fsp3) is 0.0625. The van der Waals surface area contributed by atoms with Gasteiger partial charge in [0, 0.05) is 12.4 Å². The van der Waals surface area contributed by atoms with E-state index in [9.17, 15) is 9.90 Å². The number of fused-ring (bicyclic) bond motifs is 2. The predicted octanol–water partition coefficient (Wildman–Crippen LogP) is 2.18. The minimum absolute atomic E-state index is 0.00937. The molecule has 0 atom stereocenters. The average Bonchev–Trinajstić information content (AvgIpc) is 2.89. The van der Waals surface area contributed by atoms with Gasteiger partial charge in [-0.3, -0.25) is 9.48 Å². The van der Waals surface area contributed by atoms with Gasteiger partial charge in [-0.1, -0.05) is 6.07 Å². The Bertz CT molecular complexity index is 1080. The Balaban J connectivity index is 1.99. The van der Waals surface area contributed by atoms with Crippen LogP contribution in [0.4, 0.5) is 0 Å². The number of hydrogen-bond acceptors (Lipinski definition) is 4. The number of rotatable bonds is 1. The molecule has 0 aliphatic carbocycles. The minimum Gasteiger partial charge on any atom is -0.506 e. The number of H-pyrrole nitrogens is 1. The summed E-state index contributed by atoms with van der Waals surface area (Å²) in [5.74, 6) is -0.00937. The number of nitrogens with zero attached hydrogens (tertiary/aromatic N) is 3. The van der Waals surface area contributed by atoms with Crippen molar-refractivity contribution >= 4 is 21.8 Å². The smallest absolute Gasteiger partial charge is 0.258 e. The first kappa shape index (κ1) is 12.6. The van der Waals surface area contributed by atoms with Gasteiger partial charge < -0.3 is 10.1 Å². The van der Waals surface area contributed by atoms with E-state index in [-0.39, 0.29) is 11.3 Å². The maximum atomic E-state index is 11.9. The Kier molecular flexibility index (Phi) is 2.53. The molecule has 22 heavy (non-hydrogen) atoms. The summed E-state index contributed by atoms with van der Waals surface area (Å²) in [6, 6.07) is 9.24. The largest absolute Gasteiger partial charge is 0.506 e. The van der Waals surface area contributed by atoms with Gasteiger partial charge in [0.1, 0.15) is 11.3 Å². The molecule has 2 aromatic carbocycles. The van der Waals surface area contributed by atoms with Crippen molar-refractivity contribution < 1.29 is 5.11 Å². The molecular weight excluding hydrogens is 280 g/mol. The number of hydrogen-bond donors (Lipinski definition) is 2. The summed E-state index contributed by atoms with van der Waals surface area (Å²) in [7, 11) is 1.88. The highest BCUT2D eigenvalue weighted by atomic mass is 16.3. The molecule has 108 valence electrons. The van der Waals surface area contributed by atoms with E-state index < -0.39 is 0 Å². The Labute approximate surface area is 124 Å². The van der Waals surface area contributed by atoms with E-state index in [1.165, 1.54) is 6.33 Å². The lowest BCUT2D eigenvalue weighted by atomic mass is 10.0. The van der Waals surface area contributed by atoms with Crippen molar-refractivity contribution in [1.82, 2.24) is 19.7 Å². The number of phenols is 1. The predicted molar refractivity (Wildman–Crippen MR) is 83.7 cm³/mol. The number of benzene rings is 2. The molecule has 6 nitrogen and oxygen atoms in total. The lowest BCUT2D eigenvalue weighted by Crippen LogP contribution is -2.06. The molecule has 0 radical (unpaired) electrons. The Morgan fingerprint density at radius 2 is 2.05 bits per heavy atom. The third-order valence-electron chi connectivity index (χ3n) is 3.80. The first-order chi connectivity index (χ1) is 10.6. The lowest BCUT2D eigenvalue weighted by molar-refractivity contribution is 0.480. The van der Waals surface area contributed by atoms with Crippen molar-refractivity contribution in [3.8, 4) is 16.9 Å². The van der Waals surface area contributed by atoms with Crippen LogP contribution in [0.3, 0.4) is 0 Å². The maximum Gasteiger partial charge on any atom is 0.258 e. The molecule has 2 N–H and O–H groups in total. The van der Waals surface area contributed by atoms with E-state index in [2.05, 4.69) is 15.1 Å². The van der Waals surface area contributed by atoms with Crippen LogP contribution in [0.25, 0.3) is 32.9 Å². The van der Waals surface area contributed by atoms with Crippen molar-refractivity contribution in [2.45, 2.75) is 0 Å². The summed E-state index contributed by atoms with van der Waals surface area (Å²) in [4.78, 5) is 18.4. The van der Waals surface area contributed by atoms with E-state index in [0.29, 0.717) is 10.9 Å². The van der Waals surface area contributed by atoms with Gasteiger partial charge in [0.05, 0.1) is 23.4 Å². The molecule has 0 fully saturated rings. The second-order valence-electron chi connectivity index (χ2n) is 5.16. The quantitative estimate of drug-likeness (QED) is 0.563. The van der Waals surface area contributed by atoms with Crippen LogP contribution in [0.1, 0.15) is 0 Å². The van der Waals surface area contributed by atoms with E-state index in [1.807, 2.05) is 25.2 Å². The van der Waals surface area contributed by atoms with Crippen LogP contribution in [0.2, 0.25) is 0 Å². The van der Waals surface area contributed by atoms with E-state index in [1.54, 1.807) is 23.0 Å². The molecule has 0 saturated carbocycles. The molecule has 2 aromatic heterocycles. The molecule has 0 aliphatic rings. The number of aromatic hydroxyl groups is 1. The summed E-state index contributed by atoms with van der Waals surface area (Å²) in [6.07, 6.45) is 3.07. The molecule has 0 saturated heterocycles. The Hall–Kier alpha value is -3.15. The van der Waals surface area contributed by atoms with Crippen LogP contribution in [0, 0.1) is 0 Å². The third kappa shape index (κ3) is 1.77. The van der Waals surface area contributed by atoms with E-state index >= 15 is 0 Å². The van der Waals surface area contributed by atoms with Crippen LogP contribution < -0.4 is 5.56 Å². The van der Waals surface area contributed by atoms with Gasteiger partial charge in [-0.15, -0.1) is 0 Å². The fourth-order valence-corrected chi connectivity index (χ4v) is 2.67. The fourth-order valence-electron chi connectivity index (χ4n) is 2.67. The van der Waals surface area contributed by atoms with Crippen molar-refractivity contribution in [2.24, 2.45) is 7.05 Å². The molecule has 2 heterocycles. The number of aromatic nitrogens is 4. The van der Waals surface area contributed by atoms with E-state index in [0.717, 1.165) is 22.0 Å². The van der Waals surface area contributed by atoms with Crippen LogP contribution in [0.5, 0.6) is 5.75 Å². The number of phenolic OH excluding ortho intramolecular Hbond substituents is 1. The van der Waals surface area contributed by atoms with Gasteiger partial charge in [0.2, 0.25) is 0 Å². The first-order valence-electron chi connectivity index (χ1n) is 6.76. The van der Waals surface area contributed by atoms with Gasteiger partial charge in [0.25, 0.3) is 5.56 Å². The zero-order chi connectivity index (χ0) is 15.3. The lowest BCUT2D eigenvalue weighted by Gasteiger charge is -2.06. The van der Waals surface area contributed by atoms with Gasteiger partial charge >= 0.3 is 0 Å². The summed E-state index contributed by atoms with van der Waals surface area (Å²) < 4.78 is 1.80. The summed E-state index contributed by atoms with van der Waals surface area (Å²) in [5, 5.41) is 15.7. The molecular formula is C16H12N4O2. The molecule has 0 spiro atoms. The second kappa shape index (κ2) is 4.42. The SMILES string of the molecule is Cn1ncc2cc(-c3cc(O)c4nc[nH]c(=O)c4c3)ccc21. The zero-order valence-corrected chi connectivity index (χ0v) is 11.7. The van der Waals surface area contributed by atoms with E-state index in [4.69, 9.17) is 0 Å².